The first kappa shape index (κ1) is 71.9. The number of aldehydes is 1. The van der Waals surface area contributed by atoms with Crippen LogP contribution in [0, 0.1) is 27.7 Å². The molecule has 534 valence electrons. The summed E-state index contributed by atoms with van der Waals surface area (Å²) in [7, 11) is 0. The normalized spacial score (nSPS) is 19.7. The van der Waals surface area contributed by atoms with Gasteiger partial charge in [0.1, 0.15) is 11.2 Å². The van der Waals surface area contributed by atoms with Crippen LogP contribution in [-0.4, -0.2) is 151 Å². The minimum Gasteiger partial charge on any atom is -0.444 e. The number of rotatable bonds is 15. The largest absolute Gasteiger partial charge is 0.444 e. The van der Waals surface area contributed by atoms with Crippen molar-refractivity contribution in [1.29, 1.82) is 0 Å². The third-order valence-electron chi connectivity index (χ3n) is 19.6. The van der Waals surface area contributed by atoms with E-state index in [1.807, 2.05) is 123 Å². The maximum Gasteiger partial charge on any atom is 0.410 e. The summed E-state index contributed by atoms with van der Waals surface area (Å²) in [6, 6.07) is 29.4. The zero-order valence-electron chi connectivity index (χ0n) is 60.5. The highest BCUT2D eigenvalue weighted by molar-refractivity contribution is 5.87. The standard InChI is InChI=1S/C40H50N6O4.C22H26N2O5.C18H24N4/c1-27-8-10-33(21-42-27)43-16-6-7-34(25-43)44(22-29-14-15-41-28(2)19-29)23-31-24-46(32-11-12-32)36-20-30(9-13-35(36)38(31)47)37-26-49-18-17-45(37)39(48)50-40(3,4)5;1-22(2,3)29-21(27)23-8-9-28-13-19(23)14-4-7-17-18(10-14)24(16-5-6-16)11-15(12-25)20(17)26;1-14-5-6-18(12-20-14)22-9-3-4-17(13-22)21-11-16-7-8-19-15(2)10-16/h8-10,13-15,19-21,24,32,34,37H,6-7,11-12,16-18,22-23,25-26H2,1-5H3;4,7,10-12,16,19H,5-6,8-9,13H2,1-3H3;5-8,10,12,17,21H,3-4,9,11,13H2,1-2H3/t34-,37?;;17-/m0.0/s1. The van der Waals surface area contributed by atoms with Gasteiger partial charge >= 0.3 is 12.2 Å². The molecule has 2 saturated carbocycles. The molecular weight excluding hydrogens is 1270 g/mol. The zero-order valence-corrected chi connectivity index (χ0v) is 60.5. The molecule has 6 fully saturated rings. The van der Waals surface area contributed by atoms with Crippen molar-refractivity contribution in [2.75, 3.05) is 75.5 Å². The number of piperidine rings is 2. The monoisotopic (exact) mass is 1370 g/mol. The van der Waals surface area contributed by atoms with Crippen molar-refractivity contribution < 1.29 is 33.3 Å². The number of morpholine rings is 2. The lowest BCUT2D eigenvalue weighted by Crippen LogP contribution is -2.48. The van der Waals surface area contributed by atoms with E-state index in [0.29, 0.717) is 75.9 Å². The van der Waals surface area contributed by atoms with Gasteiger partial charge in [-0.1, -0.05) is 12.1 Å². The number of nitrogens with one attached hydrogen (secondary N) is 1. The van der Waals surface area contributed by atoms with Crippen LogP contribution in [0.4, 0.5) is 21.0 Å². The summed E-state index contributed by atoms with van der Waals surface area (Å²) in [5.41, 5.74) is 12.2. The Morgan fingerprint density at radius 3 is 1.60 bits per heavy atom. The maximum atomic E-state index is 14.4. The molecule has 2 aromatic carbocycles. The first-order valence-corrected chi connectivity index (χ1v) is 36.1. The number of aryl methyl sites for hydroxylation is 4. The lowest BCUT2D eigenvalue weighted by Gasteiger charge is -2.40. The van der Waals surface area contributed by atoms with Gasteiger partial charge < -0.3 is 43.2 Å². The summed E-state index contributed by atoms with van der Waals surface area (Å²) < 4.78 is 27.2. The Morgan fingerprint density at radius 2 is 1.09 bits per heavy atom. The third-order valence-corrected chi connectivity index (χ3v) is 19.6. The predicted molar refractivity (Wildman–Crippen MR) is 394 cm³/mol. The first-order valence-electron chi connectivity index (χ1n) is 36.1. The molecule has 21 nitrogen and oxygen atoms in total. The van der Waals surface area contributed by atoms with Crippen molar-refractivity contribution in [1.82, 2.24) is 49.1 Å². The van der Waals surface area contributed by atoms with E-state index in [1.165, 1.54) is 29.7 Å². The molecule has 2 amide bonds. The van der Waals surface area contributed by atoms with Gasteiger partial charge in [-0.2, -0.15) is 0 Å². The highest BCUT2D eigenvalue weighted by Gasteiger charge is 2.37. The summed E-state index contributed by atoms with van der Waals surface area (Å²) in [5, 5.41) is 4.92. The van der Waals surface area contributed by atoms with Crippen molar-refractivity contribution in [3.05, 3.63) is 199 Å². The molecule has 1 N–H and O–H groups in total. The molecule has 6 aromatic heterocycles. The van der Waals surface area contributed by atoms with Crippen molar-refractivity contribution >= 4 is 51.7 Å². The number of carbonyl (C=O) groups is 3. The zero-order chi connectivity index (χ0) is 71.1. The Labute approximate surface area is 593 Å². The van der Waals surface area contributed by atoms with Crippen LogP contribution < -0.4 is 26.0 Å². The van der Waals surface area contributed by atoms with Crippen LogP contribution in [0.3, 0.4) is 0 Å². The van der Waals surface area contributed by atoms with Gasteiger partial charge in [-0.25, -0.2) is 9.59 Å². The quantitative estimate of drug-likeness (QED) is 0.0945. The van der Waals surface area contributed by atoms with Crippen LogP contribution >= 0.6 is 0 Å². The van der Waals surface area contributed by atoms with Gasteiger partial charge in [0.25, 0.3) is 0 Å². The first-order chi connectivity index (χ1) is 48.5. The van der Waals surface area contributed by atoms with Crippen molar-refractivity contribution in [3.63, 3.8) is 0 Å². The van der Waals surface area contributed by atoms with Crippen LogP contribution in [0.5, 0.6) is 0 Å². The Morgan fingerprint density at radius 1 is 0.574 bits per heavy atom. The van der Waals surface area contributed by atoms with E-state index < -0.39 is 11.2 Å². The van der Waals surface area contributed by atoms with Gasteiger partial charge in [0.05, 0.1) is 78.9 Å². The van der Waals surface area contributed by atoms with Gasteiger partial charge in [0.2, 0.25) is 0 Å². The number of nitrogens with zero attached hydrogens (tertiary/aromatic N) is 11. The van der Waals surface area contributed by atoms with Gasteiger partial charge in [-0.3, -0.25) is 49.0 Å². The lowest BCUT2D eigenvalue weighted by atomic mass is 10.00. The topological polar surface area (TPSA) is 212 Å². The van der Waals surface area contributed by atoms with Crippen molar-refractivity contribution in [3.8, 4) is 0 Å². The van der Waals surface area contributed by atoms with E-state index in [1.54, 1.807) is 22.1 Å². The second kappa shape index (κ2) is 31.6. The Bertz CT molecular complexity index is 4350. The van der Waals surface area contributed by atoms with E-state index >= 15 is 0 Å². The summed E-state index contributed by atoms with van der Waals surface area (Å²) in [5.74, 6) is 0. The highest BCUT2D eigenvalue weighted by Crippen LogP contribution is 2.40. The van der Waals surface area contributed by atoms with E-state index in [-0.39, 0.29) is 46.7 Å². The van der Waals surface area contributed by atoms with Gasteiger partial charge in [-0.15, -0.1) is 0 Å². The van der Waals surface area contributed by atoms with Gasteiger partial charge in [-0.05, 0) is 216 Å². The van der Waals surface area contributed by atoms with Crippen LogP contribution in [0.15, 0.2) is 132 Å². The molecule has 101 heavy (non-hydrogen) atoms. The number of benzene rings is 2. The molecule has 21 heteroatoms. The number of pyridine rings is 6. The molecule has 6 aliphatic rings. The minimum absolute atomic E-state index is 0.0682. The molecule has 4 atom stereocenters. The molecule has 4 aliphatic heterocycles. The number of hydrogen-bond donors (Lipinski definition) is 1. The summed E-state index contributed by atoms with van der Waals surface area (Å²) >= 11 is 0. The molecule has 14 rings (SSSR count). The maximum absolute atomic E-state index is 14.4. The Kier molecular flexibility index (Phi) is 22.5. The second-order valence-electron chi connectivity index (χ2n) is 30.1. The van der Waals surface area contributed by atoms with Gasteiger partial charge in [0.15, 0.2) is 17.1 Å². The fraction of sp³-hybridized carbons (Fsp3) is 0.487. The van der Waals surface area contributed by atoms with Crippen molar-refractivity contribution in [2.45, 2.75) is 188 Å². The van der Waals surface area contributed by atoms with E-state index in [4.69, 9.17) is 18.9 Å². The third kappa shape index (κ3) is 18.4. The second-order valence-corrected chi connectivity index (χ2v) is 30.1. The van der Waals surface area contributed by atoms with Crippen LogP contribution in [0.25, 0.3) is 21.8 Å². The van der Waals surface area contributed by atoms with E-state index in [0.717, 1.165) is 139 Å². The van der Waals surface area contributed by atoms with Crippen molar-refractivity contribution in [2.24, 2.45) is 0 Å². The number of hydrogen-bond acceptors (Lipinski definition) is 17. The molecule has 0 bridgehead atoms. The fourth-order valence-electron chi connectivity index (χ4n) is 14.2. The minimum atomic E-state index is -0.593. The fourth-order valence-corrected chi connectivity index (χ4v) is 14.2. The highest BCUT2D eigenvalue weighted by atomic mass is 16.6. The van der Waals surface area contributed by atoms with Crippen LogP contribution in [-0.2, 0) is 38.6 Å². The smallest absolute Gasteiger partial charge is 0.410 e. The van der Waals surface area contributed by atoms with Crippen LogP contribution in [0.2, 0.25) is 0 Å². The number of amides is 2. The van der Waals surface area contributed by atoms with E-state index in [9.17, 15) is 24.0 Å². The number of aromatic nitrogens is 6. The SMILES string of the molecule is CC(C)(C)OC(=O)N1CCOCC1c1ccc2c(=O)c(C=O)cn(C3CC3)c2c1.Cc1ccc(N2CCC[C@H](N(Cc3ccnc(C)c3)Cc3cn(C4CC4)c4cc(C5COCCN5C(=O)OC(C)(C)C)ccc4c3=O)C2)cn1.Cc1ccc(N2CCC[C@H](NCc3ccnc(C)c3)C2)cn1. The molecule has 10 heterocycles. The molecule has 0 spiro atoms. The number of carbonyl (C=O) groups excluding carboxylic acids is 3. The van der Waals surface area contributed by atoms with Gasteiger partial charge in [0, 0.05) is 147 Å². The molecule has 4 saturated heterocycles. The van der Waals surface area contributed by atoms with Crippen LogP contribution in [0.1, 0.15) is 178 Å². The molecular formula is C80H100N12O9. The molecule has 2 aliphatic carbocycles. The number of ether oxygens (including phenoxy) is 4. The summed E-state index contributed by atoms with van der Waals surface area (Å²) in [4.78, 5) is 92.8. The Balaban J connectivity index is 0.000000159. The molecule has 2 unspecified atom stereocenters. The molecule has 8 aromatic rings. The average molecular weight is 1370 g/mol. The predicted octanol–water partition coefficient (Wildman–Crippen LogP) is 13.0. The Hall–Kier alpha value is -8.89. The van der Waals surface area contributed by atoms with E-state index in [2.05, 4.69) is 105 Å². The average Bonchev–Trinajstić information content (AvgIpc) is 1.75. The molecule has 0 radical (unpaired) electrons. The number of anilines is 2. The summed E-state index contributed by atoms with van der Waals surface area (Å²) in [6.07, 6.45) is 20.2. The number of fused-ring (bicyclic) bond motifs is 2. The summed E-state index contributed by atoms with van der Waals surface area (Å²) in [6.45, 7) is 28.1. The lowest BCUT2D eigenvalue weighted by molar-refractivity contribution is -0.0334.